The molecule has 0 saturated heterocycles. The highest BCUT2D eigenvalue weighted by Crippen LogP contribution is 2.31. The number of methoxy groups -OCH3 is 1. The second-order valence-corrected chi connectivity index (χ2v) is 8.76. The average Bonchev–Trinajstić information content (AvgIpc) is 3.22. The standard InChI is InChI=1S/C25H20N4O4S/c1-15-7-12-21(33-2)20(13-15)28-24(30)23-22(18-5-3-4-6-19(18)26-23)27-25(28)34-14-16-8-10-17(11-9-16)29(31)32/h3-13,26H,14H2,1-2H3. The zero-order chi connectivity index (χ0) is 23.8. The lowest BCUT2D eigenvalue weighted by atomic mass is 10.2. The molecular formula is C25H20N4O4S. The molecule has 0 amide bonds. The molecule has 170 valence electrons. The van der Waals surface area contributed by atoms with Crippen LogP contribution >= 0.6 is 11.8 Å². The van der Waals surface area contributed by atoms with Gasteiger partial charge >= 0.3 is 0 Å². The van der Waals surface area contributed by atoms with Crippen LogP contribution in [0, 0.1) is 17.0 Å². The Morgan fingerprint density at radius 1 is 1.12 bits per heavy atom. The van der Waals surface area contributed by atoms with E-state index in [0.717, 1.165) is 22.0 Å². The first-order valence-corrected chi connectivity index (χ1v) is 11.5. The van der Waals surface area contributed by atoms with Crippen molar-refractivity contribution in [1.29, 1.82) is 0 Å². The molecule has 3 aromatic carbocycles. The lowest BCUT2D eigenvalue weighted by Gasteiger charge is -2.15. The molecule has 5 rings (SSSR count). The van der Waals surface area contributed by atoms with Crippen molar-refractivity contribution in [2.24, 2.45) is 0 Å². The highest BCUT2D eigenvalue weighted by Gasteiger charge is 2.20. The number of nitrogens with one attached hydrogen (secondary N) is 1. The molecule has 0 saturated carbocycles. The summed E-state index contributed by atoms with van der Waals surface area (Å²) in [5, 5.41) is 12.3. The normalized spacial score (nSPS) is 11.2. The molecule has 9 heteroatoms. The van der Waals surface area contributed by atoms with Crippen molar-refractivity contribution >= 4 is 39.4 Å². The molecule has 8 nitrogen and oxygen atoms in total. The molecule has 0 aliphatic carbocycles. The van der Waals surface area contributed by atoms with Gasteiger partial charge in [-0.15, -0.1) is 0 Å². The van der Waals surface area contributed by atoms with Crippen LogP contribution in [-0.2, 0) is 5.75 Å². The molecule has 0 unspecified atom stereocenters. The molecule has 1 N–H and O–H groups in total. The molecule has 0 spiro atoms. The third kappa shape index (κ3) is 3.80. The first-order chi connectivity index (χ1) is 16.5. The van der Waals surface area contributed by atoms with Gasteiger partial charge in [0.05, 0.1) is 17.7 Å². The van der Waals surface area contributed by atoms with Crippen LogP contribution in [-0.4, -0.2) is 26.6 Å². The van der Waals surface area contributed by atoms with Crippen molar-refractivity contribution in [2.75, 3.05) is 7.11 Å². The number of hydrogen-bond acceptors (Lipinski definition) is 6. The second kappa shape index (κ2) is 8.68. The number of thioether (sulfide) groups is 1. The lowest BCUT2D eigenvalue weighted by Crippen LogP contribution is -2.22. The third-order valence-corrected chi connectivity index (χ3v) is 6.59. The van der Waals surface area contributed by atoms with Crippen molar-refractivity contribution in [3.05, 3.63) is 98.3 Å². The minimum Gasteiger partial charge on any atom is -0.495 e. The molecule has 5 aromatic rings. The van der Waals surface area contributed by atoms with Crippen molar-refractivity contribution in [1.82, 2.24) is 14.5 Å². The van der Waals surface area contributed by atoms with Crippen LogP contribution < -0.4 is 10.3 Å². The van der Waals surface area contributed by atoms with E-state index >= 15 is 0 Å². The highest BCUT2D eigenvalue weighted by molar-refractivity contribution is 7.98. The van der Waals surface area contributed by atoms with Gasteiger partial charge in [0.15, 0.2) is 5.16 Å². The quantitative estimate of drug-likeness (QED) is 0.154. The summed E-state index contributed by atoms with van der Waals surface area (Å²) in [5.41, 5.74) is 4.13. The lowest BCUT2D eigenvalue weighted by molar-refractivity contribution is -0.384. The topological polar surface area (TPSA) is 103 Å². The van der Waals surface area contributed by atoms with E-state index in [2.05, 4.69) is 4.98 Å². The number of benzene rings is 3. The second-order valence-electron chi connectivity index (χ2n) is 7.82. The number of aryl methyl sites for hydroxylation is 1. The number of aromatic amines is 1. The summed E-state index contributed by atoms with van der Waals surface area (Å²) in [6.07, 6.45) is 0. The summed E-state index contributed by atoms with van der Waals surface area (Å²) in [6, 6.07) is 19.7. The van der Waals surface area contributed by atoms with Crippen LogP contribution in [0.15, 0.2) is 76.7 Å². The Labute approximate surface area is 198 Å². The maximum absolute atomic E-state index is 13.8. The predicted molar refractivity (Wildman–Crippen MR) is 133 cm³/mol. The Morgan fingerprint density at radius 3 is 2.62 bits per heavy atom. The number of rotatable bonds is 6. The van der Waals surface area contributed by atoms with Crippen molar-refractivity contribution in [2.45, 2.75) is 17.8 Å². The number of non-ortho nitro benzene ring substituents is 1. The van der Waals surface area contributed by atoms with Gasteiger partial charge in [0, 0.05) is 28.8 Å². The van der Waals surface area contributed by atoms with Crippen LogP contribution in [0.5, 0.6) is 5.75 Å². The van der Waals surface area contributed by atoms with E-state index in [9.17, 15) is 14.9 Å². The fourth-order valence-corrected chi connectivity index (χ4v) is 4.84. The van der Waals surface area contributed by atoms with Gasteiger partial charge in [-0.25, -0.2) is 9.55 Å². The van der Waals surface area contributed by atoms with Crippen molar-refractivity contribution in [3.8, 4) is 11.4 Å². The van der Waals surface area contributed by atoms with Gasteiger partial charge in [0.1, 0.15) is 16.8 Å². The molecule has 0 aliphatic rings. The van der Waals surface area contributed by atoms with Crippen LogP contribution in [0.1, 0.15) is 11.1 Å². The SMILES string of the molecule is COc1ccc(C)cc1-n1c(SCc2ccc([N+](=O)[O-])cc2)nc2c([nH]c3ccccc32)c1=O. The number of nitro benzene ring substituents is 1. The molecule has 0 bridgehead atoms. The first-order valence-electron chi connectivity index (χ1n) is 10.5. The zero-order valence-corrected chi connectivity index (χ0v) is 19.3. The van der Waals surface area contributed by atoms with Crippen molar-refractivity contribution in [3.63, 3.8) is 0 Å². The van der Waals surface area contributed by atoms with E-state index in [1.807, 2.05) is 49.4 Å². The summed E-state index contributed by atoms with van der Waals surface area (Å²) >= 11 is 1.39. The van der Waals surface area contributed by atoms with E-state index in [1.54, 1.807) is 23.8 Å². The smallest absolute Gasteiger partial charge is 0.283 e. The highest BCUT2D eigenvalue weighted by atomic mass is 32.2. The maximum Gasteiger partial charge on any atom is 0.283 e. The molecule has 2 aromatic heterocycles. The van der Waals surface area contributed by atoms with Gasteiger partial charge < -0.3 is 9.72 Å². The third-order valence-electron chi connectivity index (χ3n) is 5.58. The zero-order valence-electron chi connectivity index (χ0n) is 18.4. The number of para-hydroxylation sites is 1. The molecular weight excluding hydrogens is 452 g/mol. The molecule has 0 atom stereocenters. The van der Waals surface area contributed by atoms with E-state index in [4.69, 9.17) is 9.72 Å². The fraction of sp³-hybridized carbons (Fsp3) is 0.120. The summed E-state index contributed by atoms with van der Waals surface area (Å²) in [5.74, 6) is 1.04. The number of hydrogen-bond donors (Lipinski definition) is 1. The van der Waals surface area contributed by atoms with E-state index in [-0.39, 0.29) is 11.2 Å². The Morgan fingerprint density at radius 2 is 1.88 bits per heavy atom. The molecule has 0 fully saturated rings. The molecule has 34 heavy (non-hydrogen) atoms. The Kier molecular flexibility index (Phi) is 5.54. The van der Waals surface area contributed by atoms with E-state index in [0.29, 0.717) is 33.4 Å². The first kappa shape index (κ1) is 21.7. The maximum atomic E-state index is 13.8. The summed E-state index contributed by atoms with van der Waals surface area (Å²) in [4.78, 5) is 32.4. The minimum atomic E-state index is -0.425. The van der Waals surface area contributed by atoms with Gasteiger partial charge in [-0.1, -0.05) is 48.2 Å². The number of aromatic nitrogens is 3. The molecule has 2 heterocycles. The Balaban J connectivity index is 1.69. The molecule has 0 radical (unpaired) electrons. The van der Waals surface area contributed by atoms with Gasteiger partial charge in [-0.3, -0.25) is 14.9 Å². The fourth-order valence-electron chi connectivity index (χ4n) is 3.89. The summed E-state index contributed by atoms with van der Waals surface area (Å²) in [6.45, 7) is 1.95. The minimum absolute atomic E-state index is 0.0356. The van der Waals surface area contributed by atoms with Gasteiger partial charge in [-0.2, -0.15) is 0 Å². The predicted octanol–water partition coefficient (Wildman–Crippen LogP) is 5.38. The number of ether oxygens (including phenoxy) is 1. The number of H-pyrrole nitrogens is 1. The van der Waals surface area contributed by atoms with E-state index < -0.39 is 4.92 Å². The number of nitro groups is 1. The Bertz CT molecular complexity index is 1610. The van der Waals surface area contributed by atoms with E-state index in [1.165, 1.54) is 23.9 Å². The van der Waals surface area contributed by atoms with Crippen LogP contribution in [0.25, 0.3) is 27.6 Å². The van der Waals surface area contributed by atoms with Crippen LogP contribution in [0.4, 0.5) is 5.69 Å². The largest absolute Gasteiger partial charge is 0.495 e. The summed E-state index contributed by atoms with van der Waals surface area (Å²) < 4.78 is 7.13. The van der Waals surface area contributed by atoms with Gasteiger partial charge in [0.2, 0.25) is 0 Å². The van der Waals surface area contributed by atoms with Crippen LogP contribution in [0.3, 0.4) is 0 Å². The number of nitrogens with zero attached hydrogens (tertiary/aromatic N) is 3. The number of fused-ring (bicyclic) bond motifs is 3. The average molecular weight is 473 g/mol. The summed E-state index contributed by atoms with van der Waals surface area (Å²) in [7, 11) is 1.57. The van der Waals surface area contributed by atoms with Crippen molar-refractivity contribution < 1.29 is 9.66 Å². The van der Waals surface area contributed by atoms with Gasteiger partial charge in [-0.05, 0) is 36.2 Å². The Hall–Kier alpha value is -4.11. The molecule has 0 aliphatic heterocycles. The monoisotopic (exact) mass is 472 g/mol. The van der Waals surface area contributed by atoms with Crippen LogP contribution in [0.2, 0.25) is 0 Å². The van der Waals surface area contributed by atoms with Gasteiger partial charge in [0.25, 0.3) is 11.2 Å².